The molecule has 0 unspecified atom stereocenters. The Bertz CT molecular complexity index is 571. The van der Waals surface area contributed by atoms with Crippen molar-refractivity contribution in [3.8, 4) is 0 Å². The van der Waals surface area contributed by atoms with Gasteiger partial charge >= 0.3 is 5.69 Å². The summed E-state index contributed by atoms with van der Waals surface area (Å²) in [4.78, 5) is 8.93. The molecule has 0 radical (unpaired) electrons. The lowest BCUT2D eigenvalue weighted by Crippen LogP contribution is -2.25. The average Bonchev–Trinajstić information content (AvgIpc) is 2.28. The van der Waals surface area contributed by atoms with Crippen molar-refractivity contribution in [1.82, 2.24) is 4.72 Å². The van der Waals surface area contributed by atoms with Gasteiger partial charge in [-0.05, 0) is 18.6 Å². The smallest absolute Gasteiger partial charge is 0.258 e. The molecule has 0 heterocycles. The molecule has 1 aromatic rings. The number of rotatable bonds is 6. The third-order valence-corrected chi connectivity index (χ3v) is 3.56. The third-order valence-electron chi connectivity index (χ3n) is 2.06. The molecule has 0 aliphatic rings. The summed E-state index contributed by atoms with van der Waals surface area (Å²) in [6.45, 7) is 3.45. The van der Waals surface area contributed by atoms with Crippen LogP contribution in [0.3, 0.4) is 0 Å². The van der Waals surface area contributed by atoms with Gasteiger partial charge in [-0.3, -0.25) is 10.1 Å². The van der Waals surface area contributed by atoms with E-state index in [1.807, 2.05) is 0 Å². The van der Waals surface area contributed by atoms with Crippen molar-refractivity contribution in [2.45, 2.75) is 11.3 Å². The highest BCUT2D eigenvalue weighted by Gasteiger charge is 2.28. The maximum absolute atomic E-state index is 13.3. The van der Waals surface area contributed by atoms with Gasteiger partial charge in [0.2, 0.25) is 15.8 Å². The van der Waals surface area contributed by atoms with Gasteiger partial charge in [-0.2, -0.15) is 4.39 Å². The summed E-state index contributed by atoms with van der Waals surface area (Å²) in [6.07, 6.45) is 1.85. The quantitative estimate of drug-likeness (QED) is 0.369. The SMILES string of the molecule is C=CCCNS(=O)(=O)c1cccc(F)c1[N+](=O)[O-]. The molecule has 0 saturated carbocycles. The average molecular weight is 274 g/mol. The third kappa shape index (κ3) is 3.11. The van der Waals surface area contributed by atoms with Crippen molar-refractivity contribution in [2.24, 2.45) is 0 Å². The Morgan fingerprint density at radius 1 is 1.50 bits per heavy atom. The van der Waals surface area contributed by atoms with Crippen LogP contribution < -0.4 is 4.72 Å². The Labute approximate surface area is 103 Å². The van der Waals surface area contributed by atoms with Gasteiger partial charge in [0.1, 0.15) is 0 Å². The normalized spacial score (nSPS) is 11.2. The zero-order valence-corrected chi connectivity index (χ0v) is 10.1. The molecule has 0 atom stereocenters. The molecule has 0 aliphatic carbocycles. The summed E-state index contributed by atoms with van der Waals surface area (Å²) < 4.78 is 38.9. The summed E-state index contributed by atoms with van der Waals surface area (Å²) >= 11 is 0. The topological polar surface area (TPSA) is 89.3 Å². The zero-order valence-electron chi connectivity index (χ0n) is 9.30. The van der Waals surface area contributed by atoms with E-state index >= 15 is 0 Å². The second-order valence-electron chi connectivity index (χ2n) is 3.32. The molecule has 98 valence electrons. The fraction of sp³-hybridized carbons (Fsp3) is 0.200. The lowest BCUT2D eigenvalue weighted by Gasteiger charge is -2.06. The molecular formula is C10H11FN2O4S. The minimum atomic E-state index is -4.11. The Kier molecular flexibility index (Phi) is 4.51. The molecule has 1 rings (SSSR count). The first-order chi connectivity index (χ1) is 8.40. The van der Waals surface area contributed by atoms with Crippen molar-refractivity contribution in [3.05, 3.63) is 46.8 Å². The first-order valence-electron chi connectivity index (χ1n) is 4.93. The van der Waals surface area contributed by atoms with Crippen LogP contribution in [0.2, 0.25) is 0 Å². The van der Waals surface area contributed by atoms with Gasteiger partial charge in [-0.1, -0.05) is 12.1 Å². The molecule has 8 heteroatoms. The number of hydrogen-bond acceptors (Lipinski definition) is 4. The van der Waals surface area contributed by atoms with Crippen LogP contribution in [0.15, 0.2) is 35.7 Å². The fourth-order valence-corrected chi connectivity index (χ4v) is 2.49. The van der Waals surface area contributed by atoms with Crippen LogP contribution in [0.25, 0.3) is 0 Å². The van der Waals surface area contributed by atoms with Crippen molar-refractivity contribution >= 4 is 15.7 Å². The molecule has 0 aromatic heterocycles. The number of nitrogens with one attached hydrogen (secondary N) is 1. The van der Waals surface area contributed by atoms with E-state index in [1.165, 1.54) is 6.08 Å². The van der Waals surface area contributed by atoms with E-state index in [-0.39, 0.29) is 6.54 Å². The molecule has 1 aromatic carbocycles. The molecule has 0 saturated heterocycles. The summed E-state index contributed by atoms with van der Waals surface area (Å²) in [6, 6.07) is 2.92. The van der Waals surface area contributed by atoms with Gasteiger partial charge in [0.25, 0.3) is 0 Å². The van der Waals surface area contributed by atoms with Gasteiger partial charge in [0, 0.05) is 6.54 Å². The van der Waals surface area contributed by atoms with E-state index in [0.29, 0.717) is 6.42 Å². The first kappa shape index (κ1) is 14.3. The number of nitrogens with zero attached hydrogens (tertiary/aromatic N) is 1. The Balaban J connectivity index is 3.20. The number of halogens is 1. The van der Waals surface area contributed by atoms with E-state index in [1.54, 1.807) is 0 Å². The van der Waals surface area contributed by atoms with E-state index in [2.05, 4.69) is 11.3 Å². The standard InChI is InChI=1S/C10H11FN2O4S/c1-2-3-7-12-18(16,17)9-6-4-5-8(11)10(9)13(14)15/h2,4-6,12H,1,3,7H2. The fourth-order valence-electron chi connectivity index (χ4n) is 1.26. The summed E-state index contributed by atoms with van der Waals surface area (Å²) in [5.41, 5.74) is -1.05. The Hall–Kier alpha value is -1.80. The van der Waals surface area contributed by atoms with Gasteiger partial charge in [0.15, 0.2) is 4.90 Å². The van der Waals surface area contributed by atoms with Crippen molar-refractivity contribution in [1.29, 1.82) is 0 Å². The highest BCUT2D eigenvalue weighted by molar-refractivity contribution is 7.89. The van der Waals surface area contributed by atoms with Crippen LogP contribution in [0.1, 0.15) is 6.42 Å². The van der Waals surface area contributed by atoms with E-state index in [4.69, 9.17) is 0 Å². The molecule has 0 spiro atoms. The number of benzene rings is 1. The van der Waals surface area contributed by atoms with Crippen LogP contribution in [0.4, 0.5) is 10.1 Å². The highest BCUT2D eigenvalue weighted by Crippen LogP contribution is 2.26. The second-order valence-corrected chi connectivity index (χ2v) is 5.05. The minimum Gasteiger partial charge on any atom is -0.258 e. The predicted octanol–water partition coefficient (Wildman–Crippen LogP) is 1.59. The number of sulfonamides is 1. The van der Waals surface area contributed by atoms with Crippen LogP contribution in [0, 0.1) is 15.9 Å². The van der Waals surface area contributed by atoms with Gasteiger partial charge in [0.05, 0.1) is 4.92 Å². The number of hydrogen-bond donors (Lipinski definition) is 1. The maximum atomic E-state index is 13.3. The molecule has 18 heavy (non-hydrogen) atoms. The van der Waals surface area contributed by atoms with Crippen LogP contribution in [-0.4, -0.2) is 19.9 Å². The number of nitro groups is 1. The van der Waals surface area contributed by atoms with Gasteiger partial charge < -0.3 is 0 Å². The molecule has 6 nitrogen and oxygen atoms in total. The second kappa shape index (κ2) is 5.69. The Morgan fingerprint density at radius 3 is 2.72 bits per heavy atom. The molecule has 0 amide bonds. The van der Waals surface area contributed by atoms with Gasteiger partial charge in [-0.25, -0.2) is 13.1 Å². The minimum absolute atomic E-state index is 0.0412. The van der Waals surface area contributed by atoms with Crippen LogP contribution in [-0.2, 0) is 10.0 Å². The summed E-state index contributed by atoms with van der Waals surface area (Å²) in [5, 5.41) is 10.7. The van der Waals surface area contributed by atoms with Crippen LogP contribution >= 0.6 is 0 Å². The molecular weight excluding hydrogens is 263 g/mol. The largest absolute Gasteiger partial charge is 0.324 e. The predicted molar refractivity (Wildman–Crippen MR) is 63.1 cm³/mol. The van der Waals surface area contributed by atoms with E-state index in [0.717, 1.165) is 18.2 Å². The molecule has 0 aliphatic heterocycles. The first-order valence-corrected chi connectivity index (χ1v) is 6.42. The summed E-state index contributed by atoms with van der Waals surface area (Å²) in [7, 11) is -4.11. The summed E-state index contributed by atoms with van der Waals surface area (Å²) in [5.74, 6) is -1.19. The monoisotopic (exact) mass is 274 g/mol. The lowest BCUT2D eigenvalue weighted by atomic mass is 10.3. The molecule has 0 fully saturated rings. The maximum Gasteiger partial charge on any atom is 0.324 e. The van der Waals surface area contributed by atoms with E-state index in [9.17, 15) is 22.9 Å². The number of nitro benzene ring substituents is 1. The molecule has 1 N–H and O–H groups in total. The van der Waals surface area contributed by atoms with Crippen molar-refractivity contribution in [2.75, 3.05) is 6.54 Å². The van der Waals surface area contributed by atoms with Crippen molar-refractivity contribution in [3.63, 3.8) is 0 Å². The van der Waals surface area contributed by atoms with Crippen LogP contribution in [0.5, 0.6) is 0 Å². The number of para-hydroxylation sites is 1. The Morgan fingerprint density at radius 2 is 2.17 bits per heavy atom. The lowest BCUT2D eigenvalue weighted by molar-refractivity contribution is -0.390. The van der Waals surface area contributed by atoms with Crippen molar-refractivity contribution < 1.29 is 17.7 Å². The zero-order chi connectivity index (χ0) is 13.8. The van der Waals surface area contributed by atoms with E-state index < -0.39 is 31.3 Å². The van der Waals surface area contributed by atoms with Gasteiger partial charge in [-0.15, -0.1) is 6.58 Å². The molecule has 0 bridgehead atoms. The highest BCUT2D eigenvalue weighted by atomic mass is 32.2.